The van der Waals surface area contributed by atoms with Gasteiger partial charge in [0, 0.05) is 26.8 Å². The number of halogens is 4. The summed E-state index contributed by atoms with van der Waals surface area (Å²) < 4.78 is 45.5. The lowest BCUT2D eigenvalue weighted by molar-refractivity contribution is -0.115. The summed E-state index contributed by atoms with van der Waals surface area (Å²) in [6.45, 7) is -0.580. The first-order chi connectivity index (χ1) is 17.5. The molecule has 1 N–H and O–H groups in total. The third-order valence-corrected chi connectivity index (χ3v) is 5.29. The third kappa shape index (κ3) is 6.33. The van der Waals surface area contributed by atoms with Gasteiger partial charge in [0.2, 0.25) is 11.8 Å². The van der Waals surface area contributed by atoms with Crippen molar-refractivity contribution in [3.8, 4) is 23.1 Å². The van der Waals surface area contributed by atoms with Gasteiger partial charge in [0.15, 0.2) is 11.5 Å². The lowest BCUT2D eigenvalue weighted by Gasteiger charge is -2.13. The van der Waals surface area contributed by atoms with Crippen LogP contribution < -0.4 is 19.5 Å². The average molecular weight is 520 g/mol. The number of ether oxygens (including phenoxy) is 3. The zero-order chi connectivity index (χ0) is 26.1. The highest BCUT2D eigenvalue weighted by atomic mass is 35.5. The summed E-state index contributed by atoms with van der Waals surface area (Å²) in [5.41, 5.74) is 2.29. The second-order valence-electron chi connectivity index (χ2n) is 7.32. The number of rotatable bonds is 8. The van der Waals surface area contributed by atoms with Crippen LogP contribution in [0.25, 0.3) is 10.9 Å². The first kappa shape index (κ1) is 26.6. The van der Waals surface area contributed by atoms with Gasteiger partial charge in [-0.15, -0.1) is 0 Å². The highest BCUT2D eigenvalue weighted by Gasteiger charge is 2.14. The molecule has 0 aliphatic rings. The number of anilines is 1. The summed E-state index contributed by atoms with van der Waals surface area (Å²) >= 11 is 6.38. The summed E-state index contributed by atoms with van der Waals surface area (Å²) in [4.78, 5) is 21.0. The second kappa shape index (κ2) is 12.6. The lowest BCUT2D eigenvalue weighted by atomic mass is 10.1. The Morgan fingerprint density at radius 3 is 2.39 bits per heavy atom. The number of pyridine rings is 2. The lowest BCUT2D eigenvalue weighted by Crippen LogP contribution is -2.14. The van der Waals surface area contributed by atoms with Crippen molar-refractivity contribution in [3.05, 3.63) is 77.1 Å². The Morgan fingerprint density at radius 2 is 1.69 bits per heavy atom. The van der Waals surface area contributed by atoms with Gasteiger partial charge in [-0.25, -0.2) is 9.37 Å². The molecule has 1 amide bonds. The molecular weight excluding hydrogens is 499 g/mol. The van der Waals surface area contributed by atoms with Crippen molar-refractivity contribution in [2.45, 2.75) is 13.1 Å². The molecule has 2 aromatic carbocycles. The number of alkyl halides is 1. The fraction of sp³-hybridized carbons (Fsp3) is 0.160. The minimum absolute atomic E-state index is 0.0952. The van der Waals surface area contributed by atoms with Crippen LogP contribution in [0, 0.1) is 0 Å². The number of methoxy groups -OCH3 is 2. The number of nitrogens with zero attached hydrogens (tertiary/aromatic N) is 2. The first-order valence-electron chi connectivity index (χ1n) is 10.4. The van der Waals surface area contributed by atoms with E-state index in [-0.39, 0.29) is 23.2 Å². The normalized spacial score (nSPS) is 10.3. The average Bonchev–Trinajstić information content (AvgIpc) is 2.90. The molecule has 0 saturated heterocycles. The van der Waals surface area contributed by atoms with Crippen LogP contribution in [0.5, 0.6) is 23.1 Å². The SMILES string of the molecule is COc1cc2nccc(Oc3ncc(NC(=O)Cc4cccc(CF)c4)cc3Cl)c2cc1OC.FF. The summed E-state index contributed by atoms with van der Waals surface area (Å²) in [6.07, 6.45) is 3.14. The van der Waals surface area contributed by atoms with Crippen molar-refractivity contribution in [2.24, 2.45) is 0 Å². The van der Waals surface area contributed by atoms with Crippen molar-refractivity contribution in [3.63, 3.8) is 0 Å². The predicted molar refractivity (Wildman–Crippen MR) is 130 cm³/mol. The number of nitrogens with one attached hydrogen (secondary N) is 1. The van der Waals surface area contributed by atoms with E-state index in [1.165, 1.54) is 6.20 Å². The standard InChI is InChI=1S/C25H21ClFN3O4.F2/c1-32-22-11-18-20(12-23(22)33-2)28-7-6-21(18)34-25-19(26)10-17(14-29-25)30-24(31)9-15-4-3-5-16(8-15)13-27;1-2/h3-8,10-12,14H,9,13H2,1-2H3,(H,30,31);. The smallest absolute Gasteiger partial charge is 0.238 e. The molecule has 7 nitrogen and oxygen atoms in total. The van der Waals surface area contributed by atoms with E-state index in [0.29, 0.717) is 45.0 Å². The number of aromatic nitrogens is 2. The van der Waals surface area contributed by atoms with Crippen LogP contribution in [0.15, 0.2) is 60.9 Å². The summed E-state index contributed by atoms with van der Waals surface area (Å²) in [5, 5.41) is 3.64. The van der Waals surface area contributed by atoms with Gasteiger partial charge in [-0.3, -0.25) is 9.78 Å². The zero-order valence-electron chi connectivity index (χ0n) is 19.2. The van der Waals surface area contributed by atoms with Gasteiger partial charge in [0.05, 0.1) is 38.0 Å². The highest BCUT2D eigenvalue weighted by molar-refractivity contribution is 6.32. The maximum atomic E-state index is 12.8. The van der Waals surface area contributed by atoms with Crippen molar-refractivity contribution in [1.82, 2.24) is 9.97 Å². The van der Waals surface area contributed by atoms with Gasteiger partial charge in [-0.1, -0.05) is 35.9 Å². The van der Waals surface area contributed by atoms with E-state index in [4.69, 9.17) is 35.0 Å². The molecule has 0 radical (unpaired) electrons. The highest BCUT2D eigenvalue weighted by Crippen LogP contribution is 2.38. The molecule has 2 aromatic heterocycles. The minimum Gasteiger partial charge on any atom is -0.493 e. The molecular formula is C25H21ClF3N3O4. The first-order valence-corrected chi connectivity index (χ1v) is 10.8. The number of amides is 1. The second-order valence-corrected chi connectivity index (χ2v) is 7.73. The summed E-state index contributed by atoms with van der Waals surface area (Å²) in [6, 6.07) is 13.6. The number of carbonyl (C=O) groups excluding carboxylic acids is 1. The van der Waals surface area contributed by atoms with Crippen LogP contribution in [0.1, 0.15) is 11.1 Å². The number of fused-ring (bicyclic) bond motifs is 1. The van der Waals surface area contributed by atoms with E-state index in [2.05, 4.69) is 15.3 Å². The Morgan fingerprint density at radius 1 is 0.972 bits per heavy atom. The molecule has 0 atom stereocenters. The van der Waals surface area contributed by atoms with Crippen molar-refractivity contribution in [2.75, 3.05) is 19.5 Å². The van der Waals surface area contributed by atoms with Gasteiger partial charge < -0.3 is 19.5 Å². The van der Waals surface area contributed by atoms with Crippen LogP contribution in [0.2, 0.25) is 5.02 Å². The monoisotopic (exact) mass is 519 g/mol. The summed E-state index contributed by atoms with van der Waals surface area (Å²) in [7, 11) is 3.10. The Bertz CT molecular complexity index is 1360. The Balaban J connectivity index is 0.00000176. The fourth-order valence-corrected chi connectivity index (χ4v) is 3.63. The number of hydrogen-bond acceptors (Lipinski definition) is 6. The van der Waals surface area contributed by atoms with E-state index >= 15 is 0 Å². The third-order valence-electron chi connectivity index (χ3n) is 5.02. The van der Waals surface area contributed by atoms with E-state index in [1.54, 1.807) is 68.9 Å². The van der Waals surface area contributed by atoms with Crippen LogP contribution in [0.3, 0.4) is 0 Å². The van der Waals surface area contributed by atoms with E-state index < -0.39 is 6.67 Å². The van der Waals surface area contributed by atoms with E-state index in [0.717, 1.165) is 0 Å². The van der Waals surface area contributed by atoms with Gasteiger partial charge in [0.1, 0.15) is 17.4 Å². The molecule has 0 aliphatic heterocycles. The topological polar surface area (TPSA) is 82.6 Å². The Hall–Kier alpha value is -4.05. The van der Waals surface area contributed by atoms with Gasteiger partial charge in [-0.05, 0) is 29.3 Å². The molecule has 4 rings (SSSR count). The van der Waals surface area contributed by atoms with Crippen LogP contribution in [-0.2, 0) is 17.9 Å². The van der Waals surface area contributed by atoms with Gasteiger partial charge in [0.25, 0.3) is 0 Å². The molecule has 0 aliphatic carbocycles. The van der Waals surface area contributed by atoms with Crippen molar-refractivity contribution in [1.29, 1.82) is 0 Å². The molecule has 188 valence electrons. The quantitative estimate of drug-likeness (QED) is 0.283. The van der Waals surface area contributed by atoms with Crippen molar-refractivity contribution < 1.29 is 32.5 Å². The molecule has 0 fully saturated rings. The zero-order valence-corrected chi connectivity index (χ0v) is 20.0. The van der Waals surface area contributed by atoms with E-state index in [9.17, 15) is 9.18 Å². The van der Waals surface area contributed by atoms with Gasteiger partial charge >= 0.3 is 0 Å². The maximum Gasteiger partial charge on any atom is 0.238 e. The molecule has 36 heavy (non-hydrogen) atoms. The molecule has 0 saturated carbocycles. The Kier molecular flexibility index (Phi) is 9.29. The minimum atomic E-state index is -0.580. The number of benzene rings is 2. The molecule has 4 aromatic rings. The van der Waals surface area contributed by atoms with Crippen molar-refractivity contribution >= 4 is 34.1 Å². The Labute approximate surface area is 209 Å². The summed E-state index contributed by atoms with van der Waals surface area (Å²) in [5.74, 6) is 1.44. The van der Waals surface area contributed by atoms with Crippen LogP contribution >= 0.6 is 11.6 Å². The molecule has 0 unspecified atom stereocenters. The molecule has 11 heteroatoms. The fourth-order valence-electron chi connectivity index (χ4n) is 3.42. The van der Waals surface area contributed by atoms with Crippen LogP contribution in [-0.4, -0.2) is 30.1 Å². The number of hydrogen-bond donors (Lipinski definition) is 1. The predicted octanol–water partition coefficient (Wildman–Crippen LogP) is 6.58. The largest absolute Gasteiger partial charge is 0.493 e. The number of carbonyl (C=O) groups is 1. The maximum absolute atomic E-state index is 12.8. The van der Waals surface area contributed by atoms with E-state index in [1.807, 2.05) is 0 Å². The van der Waals surface area contributed by atoms with Gasteiger partial charge in [-0.2, -0.15) is 0 Å². The van der Waals surface area contributed by atoms with Crippen LogP contribution in [0.4, 0.5) is 19.2 Å². The molecule has 0 spiro atoms. The molecule has 2 heterocycles. The molecule has 0 bridgehead atoms.